The Hall–Kier alpha value is -3.69. The third-order valence-electron chi connectivity index (χ3n) is 4.11. The van der Waals surface area contributed by atoms with E-state index in [2.05, 4.69) is 25.7 Å². The maximum absolute atomic E-state index is 14.2. The van der Waals surface area contributed by atoms with Gasteiger partial charge < -0.3 is 10.3 Å². The molecule has 1 aromatic carbocycles. The first-order valence-electron chi connectivity index (χ1n) is 7.89. The van der Waals surface area contributed by atoms with E-state index < -0.39 is 11.6 Å². The normalized spacial score (nSPS) is 11.1. The molecule has 0 unspecified atom stereocenters. The van der Waals surface area contributed by atoms with Crippen LogP contribution in [0.3, 0.4) is 0 Å². The lowest BCUT2D eigenvalue weighted by Crippen LogP contribution is -2.06. The standard InChI is InChI=1S/C17H13F2N7O/c1-8-14(9(2)27-23-8)10-6-11(16(20)21-7-10)17-22-24-25-26(17)13-5-3-4-12(18)15(13)19/h3-7H,1-2H3,(H2,20,21). The number of rotatable bonds is 3. The molecular formula is C17H13F2N7O. The van der Waals surface area contributed by atoms with Gasteiger partial charge in [-0.2, -0.15) is 4.68 Å². The molecule has 0 saturated heterocycles. The molecule has 0 atom stereocenters. The van der Waals surface area contributed by atoms with Crippen LogP contribution in [0, 0.1) is 25.5 Å². The smallest absolute Gasteiger partial charge is 0.190 e. The number of benzene rings is 1. The number of halogens is 2. The van der Waals surface area contributed by atoms with Crippen molar-refractivity contribution in [1.82, 2.24) is 30.3 Å². The highest BCUT2D eigenvalue weighted by Crippen LogP contribution is 2.32. The largest absolute Gasteiger partial charge is 0.383 e. The van der Waals surface area contributed by atoms with Crippen molar-refractivity contribution >= 4 is 5.82 Å². The Labute approximate surface area is 151 Å². The number of nitrogens with zero attached hydrogens (tertiary/aromatic N) is 6. The van der Waals surface area contributed by atoms with Crippen molar-refractivity contribution < 1.29 is 13.3 Å². The van der Waals surface area contributed by atoms with E-state index in [1.807, 2.05) is 0 Å². The lowest BCUT2D eigenvalue weighted by Gasteiger charge is -2.09. The highest BCUT2D eigenvalue weighted by Gasteiger charge is 2.21. The Bertz CT molecular complexity index is 1130. The van der Waals surface area contributed by atoms with E-state index in [1.54, 1.807) is 26.1 Å². The Kier molecular flexibility index (Phi) is 3.87. The first kappa shape index (κ1) is 16.8. The minimum Gasteiger partial charge on any atom is -0.383 e. The van der Waals surface area contributed by atoms with Gasteiger partial charge in [0.2, 0.25) is 0 Å². The molecule has 3 heterocycles. The van der Waals surface area contributed by atoms with Crippen molar-refractivity contribution in [1.29, 1.82) is 0 Å². The Morgan fingerprint density at radius 2 is 2.00 bits per heavy atom. The van der Waals surface area contributed by atoms with E-state index in [0.717, 1.165) is 16.3 Å². The fraction of sp³-hybridized carbons (Fsp3) is 0.118. The quantitative estimate of drug-likeness (QED) is 0.591. The Morgan fingerprint density at radius 1 is 1.19 bits per heavy atom. The van der Waals surface area contributed by atoms with Crippen molar-refractivity contribution in [2.75, 3.05) is 5.73 Å². The van der Waals surface area contributed by atoms with E-state index in [0.29, 0.717) is 22.6 Å². The third-order valence-corrected chi connectivity index (χ3v) is 4.11. The number of hydrogen-bond acceptors (Lipinski definition) is 7. The van der Waals surface area contributed by atoms with Crippen LogP contribution >= 0.6 is 0 Å². The van der Waals surface area contributed by atoms with Gasteiger partial charge in [-0.25, -0.2) is 13.8 Å². The Balaban J connectivity index is 1.90. The molecule has 4 rings (SSSR count). The van der Waals surface area contributed by atoms with Crippen LogP contribution in [0.1, 0.15) is 11.5 Å². The number of tetrazole rings is 1. The fourth-order valence-electron chi connectivity index (χ4n) is 2.86. The fourth-order valence-corrected chi connectivity index (χ4v) is 2.86. The van der Waals surface area contributed by atoms with Gasteiger partial charge >= 0.3 is 0 Å². The second kappa shape index (κ2) is 6.24. The number of pyridine rings is 1. The summed E-state index contributed by atoms with van der Waals surface area (Å²) >= 11 is 0. The molecule has 4 aromatic rings. The van der Waals surface area contributed by atoms with Crippen LogP contribution in [0.2, 0.25) is 0 Å². The summed E-state index contributed by atoms with van der Waals surface area (Å²) in [6.07, 6.45) is 1.57. The molecule has 27 heavy (non-hydrogen) atoms. The van der Waals surface area contributed by atoms with E-state index >= 15 is 0 Å². The lowest BCUT2D eigenvalue weighted by atomic mass is 10.0. The summed E-state index contributed by atoms with van der Waals surface area (Å²) in [5.74, 6) is -1.21. The van der Waals surface area contributed by atoms with E-state index in [4.69, 9.17) is 10.3 Å². The number of nitrogen functional groups attached to an aromatic ring is 1. The van der Waals surface area contributed by atoms with Gasteiger partial charge in [-0.05, 0) is 42.5 Å². The highest BCUT2D eigenvalue weighted by molar-refractivity contribution is 5.77. The van der Waals surface area contributed by atoms with E-state index in [1.165, 1.54) is 12.1 Å². The summed E-state index contributed by atoms with van der Waals surface area (Å²) < 4.78 is 34.1. The molecule has 0 amide bonds. The molecule has 0 aliphatic carbocycles. The number of nitrogens with two attached hydrogens (primary N) is 1. The summed E-state index contributed by atoms with van der Waals surface area (Å²) in [4.78, 5) is 4.18. The molecule has 8 nitrogen and oxygen atoms in total. The van der Waals surface area contributed by atoms with E-state index in [9.17, 15) is 8.78 Å². The summed E-state index contributed by atoms with van der Waals surface area (Å²) in [6, 6.07) is 5.44. The number of hydrogen-bond donors (Lipinski definition) is 1. The van der Waals surface area contributed by atoms with Crippen LogP contribution in [0.15, 0.2) is 35.0 Å². The molecule has 0 spiro atoms. The summed E-state index contributed by atoms with van der Waals surface area (Å²) in [5, 5.41) is 15.2. The predicted molar refractivity (Wildman–Crippen MR) is 91.7 cm³/mol. The highest BCUT2D eigenvalue weighted by atomic mass is 19.2. The molecule has 3 aromatic heterocycles. The molecule has 10 heteroatoms. The average Bonchev–Trinajstić information content (AvgIpc) is 3.25. The maximum Gasteiger partial charge on any atom is 0.190 e. The second-order valence-electron chi connectivity index (χ2n) is 5.84. The van der Waals surface area contributed by atoms with Crippen molar-refractivity contribution in [2.45, 2.75) is 13.8 Å². The average molecular weight is 369 g/mol. The molecule has 2 N–H and O–H groups in total. The molecule has 0 aliphatic rings. The maximum atomic E-state index is 14.2. The SMILES string of the molecule is Cc1noc(C)c1-c1cnc(N)c(-c2nnnn2-c2cccc(F)c2F)c1. The monoisotopic (exact) mass is 369 g/mol. The number of aryl methyl sites for hydroxylation is 2. The summed E-state index contributed by atoms with van der Waals surface area (Å²) in [5.41, 5.74) is 8.35. The second-order valence-corrected chi connectivity index (χ2v) is 5.84. The summed E-state index contributed by atoms with van der Waals surface area (Å²) in [7, 11) is 0. The lowest BCUT2D eigenvalue weighted by molar-refractivity contribution is 0.393. The van der Waals surface area contributed by atoms with Gasteiger partial charge in [-0.1, -0.05) is 11.2 Å². The van der Waals surface area contributed by atoms with Crippen LogP contribution in [0.25, 0.3) is 28.2 Å². The zero-order valence-corrected chi connectivity index (χ0v) is 14.3. The number of anilines is 1. The first-order valence-corrected chi connectivity index (χ1v) is 7.89. The zero-order chi connectivity index (χ0) is 19.1. The molecule has 136 valence electrons. The summed E-state index contributed by atoms with van der Waals surface area (Å²) in [6.45, 7) is 3.57. The minimum atomic E-state index is -1.07. The molecule has 0 fully saturated rings. The van der Waals surface area contributed by atoms with Gasteiger partial charge in [-0.3, -0.25) is 0 Å². The molecule has 0 bridgehead atoms. The molecule has 0 aliphatic heterocycles. The van der Waals surface area contributed by atoms with Crippen molar-refractivity contribution in [2.24, 2.45) is 0 Å². The van der Waals surface area contributed by atoms with Crippen molar-refractivity contribution in [3.8, 4) is 28.2 Å². The number of aromatic nitrogens is 6. The first-order chi connectivity index (χ1) is 13.0. The van der Waals surface area contributed by atoms with E-state index in [-0.39, 0.29) is 17.3 Å². The topological polar surface area (TPSA) is 109 Å². The van der Waals surface area contributed by atoms with Gasteiger partial charge in [0.1, 0.15) is 17.3 Å². The molecule has 0 radical (unpaired) electrons. The van der Waals surface area contributed by atoms with Crippen molar-refractivity contribution in [3.05, 3.63) is 53.6 Å². The minimum absolute atomic E-state index is 0.123. The van der Waals surface area contributed by atoms with Crippen LogP contribution in [0.4, 0.5) is 14.6 Å². The molecule has 0 saturated carbocycles. The van der Waals surface area contributed by atoms with Gasteiger partial charge in [0, 0.05) is 17.3 Å². The van der Waals surface area contributed by atoms with Crippen molar-refractivity contribution in [3.63, 3.8) is 0 Å². The Morgan fingerprint density at radius 3 is 2.74 bits per heavy atom. The van der Waals surface area contributed by atoms with Gasteiger partial charge in [0.15, 0.2) is 17.5 Å². The van der Waals surface area contributed by atoms with Gasteiger partial charge in [0.05, 0.1) is 11.3 Å². The van der Waals surface area contributed by atoms with Gasteiger partial charge in [-0.15, -0.1) is 5.10 Å². The predicted octanol–water partition coefficient (Wildman–Crippen LogP) is 2.86. The van der Waals surface area contributed by atoms with Gasteiger partial charge in [0.25, 0.3) is 0 Å². The third kappa shape index (κ3) is 2.71. The zero-order valence-electron chi connectivity index (χ0n) is 14.3. The van der Waals surface area contributed by atoms with Crippen LogP contribution in [-0.2, 0) is 0 Å². The van der Waals surface area contributed by atoms with Crippen LogP contribution in [-0.4, -0.2) is 30.3 Å². The van der Waals surface area contributed by atoms with Crippen LogP contribution in [0.5, 0.6) is 0 Å². The molecular weight excluding hydrogens is 356 g/mol. The van der Waals surface area contributed by atoms with Crippen LogP contribution < -0.4 is 5.73 Å².